The largest absolute Gasteiger partial charge is 0.468 e. The van der Waals surface area contributed by atoms with Gasteiger partial charge in [-0.2, -0.15) is 0 Å². The fourth-order valence-corrected chi connectivity index (χ4v) is 1.92. The molecule has 16 heavy (non-hydrogen) atoms. The molecule has 2 heterocycles. The average molecular weight is 220 g/mol. The molecule has 2 atom stereocenters. The summed E-state index contributed by atoms with van der Waals surface area (Å²) in [4.78, 5) is 27.0. The van der Waals surface area contributed by atoms with Crippen molar-refractivity contribution in [2.75, 3.05) is 13.7 Å². The maximum Gasteiger partial charge on any atom is 0.318 e. The molecule has 1 aromatic heterocycles. The molecule has 5 nitrogen and oxygen atoms in total. The van der Waals surface area contributed by atoms with Gasteiger partial charge in [-0.1, -0.05) is 6.07 Å². The predicted octanol–water partition coefficient (Wildman–Crippen LogP) is 0.0842. The van der Waals surface area contributed by atoms with Crippen LogP contribution >= 0.6 is 0 Å². The molecule has 1 fully saturated rings. The molecule has 0 saturated carbocycles. The van der Waals surface area contributed by atoms with Gasteiger partial charge < -0.3 is 10.1 Å². The van der Waals surface area contributed by atoms with Gasteiger partial charge in [0.25, 0.3) is 0 Å². The summed E-state index contributed by atoms with van der Waals surface area (Å²) in [6.45, 7) is 0.449. The van der Waals surface area contributed by atoms with Crippen LogP contribution in [0.25, 0.3) is 0 Å². The maximum absolute atomic E-state index is 11.5. The Bertz CT molecular complexity index is 405. The summed E-state index contributed by atoms with van der Waals surface area (Å²) < 4.78 is 4.64. The second kappa shape index (κ2) is 4.30. The van der Waals surface area contributed by atoms with Gasteiger partial charge in [-0.15, -0.1) is 0 Å². The van der Waals surface area contributed by atoms with Crippen LogP contribution in [0.1, 0.15) is 11.5 Å². The molecule has 1 aromatic rings. The highest BCUT2D eigenvalue weighted by molar-refractivity contribution is 6.00. The molecule has 0 aromatic carbocycles. The van der Waals surface area contributed by atoms with Crippen molar-refractivity contribution in [3.8, 4) is 0 Å². The third kappa shape index (κ3) is 1.76. The smallest absolute Gasteiger partial charge is 0.318 e. The zero-order valence-corrected chi connectivity index (χ0v) is 8.84. The molecule has 84 valence electrons. The predicted molar refractivity (Wildman–Crippen MR) is 55.5 cm³/mol. The fraction of sp³-hybridized carbons (Fsp3) is 0.364. The minimum absolute atomic E-state index is 0.186. The fourth-order valence-electron chi connectivity index (χ4n) is 1.92. The Kier molecular flexibility index (Phi) is 2.85. The van der Waals surface area contributed by atoms with Crippen molar-refractivity contribution >= 4 is 11.9 Å². The molecule has 1 aliphatic heterocycles. The van der Waals surface area contributed by atoms with E-state index in [2.05, 4.69) is 15.0 Å². The van der Waals surface area contributed by atoms with Crippen LogP contribution in [0.15, 0.2) is 24.5 Å². The lowest BCUT2D eigenvalue weighted by atomic mass is 9.89. The third-order valence-electron chi connectivity index (χ3n) is 2.75. The van der Waals surface area contributed by atoms with Crippen LogP contribution in [0.4, 0.5) is 0 Å². The van der Waals surface area contributed by atoms with Gasteiger partial charge in [0.15, 0.2) is 0 Å². The number of rotatable bonds is 2. The number of carbonyl (C=O) groups is 2. The van der Waals surface area contributed by atoms with Gasteiger partial charge in [-0.25, -0.2) is 0 Å². The standard InChI is InChI=1S/C11H12N2O3/c1-16-11(15)9-8(6-13-10(9)14)7-3-2-4-12-5-7/h2-5,8-9H,6H2,1H3,(H,13,14)/t8-,9-/m1/s1. The number of esters is 1. The molecule has 0 aliphatic carbocycles. The van der Waals surface area contributed by atoms with Gasteiger partial charge in [0.1, 0.15) is 5.92 Å². The number of pyridine rings is 1. The number of nitrogens with zero attached hydrogens (tertiary/aromatic N) is 1. The van der Waals surface area contributed by atoms with Crippen molar-refractivity contribution in [1.29, 1.82) is 0 Å². The molecule has 5 heteroatoms. The quantitative estimate of drug-likeness (QED) is 0.566. The summed E-state index contributed by atoms with van der Waals surface area (Å²) in [5, 5.41) is 2.67. The Morgan fingerprint density at radius 1 is 1.62 bits per heavy atom. The molecule has 1 saturated heterocycles. The van der Waals surface area contributed by atoms with E-state index in [1.165, 1.54) is 7.11 Å². The van der Waals surface area contributed by atoms with Gasteiger partial charge in [-0.05, 0) is 11.6 Å². The molecular weight excluding hydrogens is 208 g/mol. The summed E-state index contributed by atoms with van der Waals surface area (Å²) in [7, 11) is 1.29. The molecule has 0 spiro atoms. The number of hydrogen-bond donors (Lipinski definition) is 1. The van der Waals surface area contributed by atoms with Crippen molar-refractivity contribution < 1.29 is 14.3 Å². The summed E-state index contributed by atoms with van der Waals surface area (Å²) >= 11 is 0. The third-order valence-corrected chi connectivity index (χ3v) is 2.75. The molecule has 0 radical (unpaired) electrons. The lowest BCUT2D eigenvalue weighted by molar-refractivity contribution is -0.149. The van der Waals surface area contributed by atoms with Crippen molar-refractivity contribution in [2.45, 2.75) is 5.92 Å². The highest BCUT2D eigenvalue weighted by atomic mass is 16.5. The second-order valence-electron chi connectivity index (χ2n) is 3.64. The molecular formula is C11H12N2O3. The highest BCUT2D eigenvalue weighted by Gasteiger charge is 2.41. The van der Waals surface area contributed by atoms with Crippen LogP contribution in [0.3, 0.4) is 0 Å². The van der Waals surface area contributed by atoms with E-state index in [9.17, 15) is 9.59 Å². The molecule has 1 aliphatic rings. The minimum atomic E-state index is -0.755. The van der Waals surface area contributed by atoms with Gasteiger partial charge in [0.2, 0.25) is 5.91 Å². The van der Waals surface area contributed by atoms with Gasteiger partial charge in [0, 0.05) is 24.9 Å². The van der Waals surface area contributed by atoms with Crippen LogP contribution in [0, 0.1) is 5.92 Å². The lowest BCUT2D eigenvalue weighted by Crippen LogP contribution is -2.28. The first-order chi connectivity index (χ1) is 7.74. The number of hydrogen-bond acceptors (Lipinski definition) is 4. The van der Waals surface area contributed by atoms with Gasteiger partial charge in [0.05, 0.1) is 7.11 Å². The Hall–Kier alpha value is -1.91. The number of ether oxygens (including phenoxy) is 1. The van der Waals surface area contributed by atoms with Crippen LogP contribution in [0.2, 0.25) is 0 Å². The Labute approximate surface area is 92.8 Å². The molecule has 0 unspecified atom stereocenters. The van der Waals surface area contributed by atoms with E-state index in [0.717, 1.165) is 5.56 Å². The van der Waals surface area contributed by atoms with E-state index in [0.29, 0.717) is 6.54 Å². The lowest BCUT2D eigenvalue weighted by Gasteiger charge is -2.14. The number of aromatic nitrogens is 1. The number of amides is 1. The van der Waals surface area contributed by atoms with E-state index in [1.54, 1.807) is 18.5 Å². The van der Waals surface area contributed by atoms with E-state index in [-0.39, 0.29) is 11.8 Å². The first kappa shape index (κ1) is 10.6. The topological polar surface area (TPSA) is 68.3 Å². The monoisotopic (exact) mass is 220 g/mol. The van der Waals surface area contributed by atoms with Crippen LogP contribution < -0.4 is 5.32 Å². The van der Waals surface area contributed by atoms with Crippen molar-refractivity contribution in [1.82, 2.24) is 10.3 Å². The van der Waals surface area contributed by atoms with Crippen LogP contribution in [0.5, 0.6) is 0 Å². The Balaban J connectivity index is 2.28. The second-order valence-corrected chi connectivity index (χ2v) is 3.64. The van der Waals surface area contributed by atoms with Crippen molar-refractivity contribution in [2.24, 2.45) is 5.92 Å². The number of methoxy groups -OCH3 is 1. The van der Waals surface area contributed by atoms with Crippen LogP contribution in [-0.4, -0.2) is 30.5 Å². The maximum atomic E-state index is 11.5. The van der Waals surface area contributed by atoms with Crippen LogP contribution in [-0.2, 0) is 14.3 Å². The van der Waals surface area contributed by atoms with E-state index in [1.807, 2.05) is 6.07 Å². The first-order valence-corrected chi connectivity index (χ1v) is 4.99. The Morgan fingerprint density at radius 3 is 3.06 bits per heavy atom. The molecule has 1 N–H and O–H groups in total. The summed E-state index contributed by atoms with van der Waals surface area (Å²) in [6, 6.07) is 3.64. The van der Waals surface area contributed by atoms with E-state index in [4.69, 9.17) is 0 Å². The molecule has 1 amide bonds. The molecule has 0 bridgehead atoms. The first-order valence-electron chi connectivity index (χ1n) is 4.99. The highest BCUT2D eigenvalue weighted by Crippen LogP contribution is 2.29. The summed E-state index contributed by atoms with van der Waals surface area (Å²) in [5.41, 5.74) is 0.872. The summed E-state index contributed by atoms with van der Waals surface area (Å²) in [5.74, 6) is -1.72. The minimum Gasteiger partial charge on any atom is -0.468 e. The van der Waals surface area contributed by atoms with Crippen molar-refractivity contribution in [3.63, 3.8) is 0 Å². The Morgan fingerprint density at radius 2 is 2.44 bits per heavy atom. The van der Waals surface area contributed by atoms with Gasteiger partial charge in [-0.3, -0.25) is 14.6 Å². The zero-order valence-electron chi connectivity index (χ0n) is 8.84. The average Bonchev–Trinajstić information content (AvgIpc) is 2.71. The molecule has 2 rings (SSSR count). The van der Waals surface area contributed by atoms with E-state index >= 15 is 0 Å². The van der Waals surface area contributed by atoms with Gasteiger partial charge >= 0.3 is 5.97 Å². The normalized spacial score (nSPS) is 23.9. The van der Waals surface area contributed by atoms with Crippen molar-refractivity contribution in [3.05, 3.63) is 30.1 Å². The van der Waals surface area contributed by atoms with E-state index < -0.39 is 11.9 Å². The summed E-state index contributed by atoms with van der Waals surface area (Å²) in [6.07, 6.45) is 3.32. The number of nitrogens with one attached hydrogen (secondary N) is 1. The zero-order chi connectivity index (χ0) is 11.5. The SMILES string of the molecule is COC(=O)[C@H]1C(=O)NC[C@@H]1c1cccnc1. The number of carbonyl (C=O) groups excluding carboxylic acids is 2.